The number of hydrogen-bond donors (Lipinski definition) is 1. The van der Waals surface area contributed by atoms with E-state index in [0.717, 1.165) is 16.7 Å². The van der Waals surface area contributed by atoms with Crippen molar-refractivity contribution in [1.29, 1.82) is 0 Å². The van der Waals surface area contributed by atoms with Crippen molar-refractivity contribution in [1.82, 2.24) is 4.90 Å². The van der Waals surface area contributed by atoms with Crippen molar-refractivity contribution in [3.8, 4) is 0 Å². The Bertz CT molecular complexity index is 645. The number of carbonyl (C=O) groups is 2. The highest BCUT2D eigenvalue weighted by atomic mass is 35.5. The number of thioether (sulfide) groups is 1. The summed E-state index contributed by atoms with van der Waals surface area (Å²) in [5, 5.41) is 9.71. The maximum Gasteiger partial charge on any atom is 0.326 e. The third kappa shape index (κ3) is 3.28. The second-order valence-corrected chi connectivity index (χ2v) is 6.42. The van der Waals surface area contributed by atoms with Crippen LogP contribution >= 0.6 is 35.6 Å². The number of carboxylic acid groups (broad SMARTS) is 1. The predicted octanol–water partition coefficient (Wildman–Crippen LogP) is 3.40. The van der Waals surface area contributed by atoms with E-state index in [9.17, 15) is 14.7 Å². The summed E-state index contributed by atoms with van der Waals surface area (Å²) in [6.07, 6.45) is 1.93. The zero-order chi connectivity index (χ0) is 15.6. The molecule has 1 N–H and O–H groups in total. The fourth-order valence-corrected chi connectivity index (χ4v) is 3.49. The topological polar surface area (TPSA) is 57.6 Å². The fourth-order valence-electron chi connectivity index (χ4n) is 1.95. The molecule has 7 heteroatoms. The van der Waals surface area contributed by atoms with Crippen LogP contribution in [0.4, 0.5) is 0 Å². The van der Waals surface area contributed by atoms with Crippen molar-refractivity contribution < 1.29 is 14.7 Å². The maximum atomic E-state index is 12.4. The number of nitrogens with zero attached hydrogens (tertiary/aromatic N) is 1. The first kappa shape index (κ1) is 16.0. The quantitative estimate of drug-likeness (QED) is 0.672. The monoisotopic (exact) mass is 341 g/mol. The molecule has 1 amide bonds. The van der Waals surface area contributed by atoms with Gasteiger partial charge in [0.1, 0.15) is 10.4 Å². The summed E-state index contributed by atoms with van der Waals surface area (Å²) in [5.41, 5.74) is 0.697. The third-order valence-corrected chi connectivity index (χ3v) is 4.67. The van der Waals surface area contributed by atoms with Crippen LogP contribution in [0.5, 0.6) is 0 Å². The molecule has 1 fully saturated rings. The van der Waals surface area contributed by atoms with Gasteiger partial charge < -0.3 is 5.11 Å². The molecule has 0 spiro atoms. The van der Waals surface area contributed by atoms with Gasteiger partial charge in [-0.05, 0) is 24.1 Å². The first-order valence-corrected chi connectivity index (χ1v) is 7.80. The van der Waals surface area contributed by atoms with Crippen LogP contribution in [0, 0.1) is 0 Å². The Kier molecular flexibility index (Phi) is 5.03. The number of halogens is 1. The Morgan fingerprint density at radius 1 is 1.52 bits per heavy atom. The Morgan fingerprint density at radius 3 is 2.76 bits per heavy atom. The van der Waals surface area contributed by atoms with Crippen LogP contribution in [0.3, 0.4) is 0 Å². The maximum absolute atomic E-state index is 12.4. The van der Waals surface area contributed by atoms with Gasteiger partial charge in [0.2, 0.25) is 0 Å². The van der Waals surface area contributed by atoms with Gasteiger partial charge in [-0.25, -0.2) is 4.79 Å². The molecule has 0 bridgehead atoms. The normalized spacial score (nSPS) is 18.4. The molecule has 1 aliphatic heterocycles. The lowest BCUT2D eigenvalue weighted by Crippen LogP contribution is -2.43. The van der Waals surface area contributed by atoms with E-state index >= 15 is 0 Å². The van der Waals surface area contributed by atoms with Gasteiger partial charge in [-0.15, -0.1) is 0 Å². The fraction of sp³-hybridized carbons (Fsp3) is 0.214. The van der Waals surface area contributed by atoms with Crippen LogP contribution in [0.2, 0.25) is 5.02 Å². The minimum Gasteiger partial charge on any atom is -0.480 e. The highest BCUT2D eigenvalue weighted by Gasteiger charge is 2.39. The third-order valence-electron chi connectivity index (χ3n) is 3.00. The molecule has 1 aromatic carbocycles. The van der Waals surface area contributed by atoms with E-state index in [1.165, 1.54) is 0 Å². The lowest BCUT2D eigenvalue weighted by molar-refractivity contribution is -0.145. The van der Waals surface area contributed by atoms with Crippen molar-refractivity contribution in [2.75, 3.05) is 0 Å². The van der Waals surface area contributed by atoms with Gasteiger partial charge in [-0.2, -0.15) is 0 Å². The summed E-state index contributed by atoms with van der Waals surface area (Å²) in [6.45, 7) is 1.70. The van der Waals surface area contributed by atoms with Crippen LogP contribution in [-0.2, 0) is 9.59 Å². The van der Waals surface area contributed by atoms with Gasteiger partial charge in [-0.3, -0.25) is 9.69 Å². The van der Waals surface area contributed by atoms with Crippen molar-refractivity contribution in [3.05, 3.63) is 39.8 Å². The number of thiocarbonyl (C=S) groups is 1. The smallest absolute Gasteiger partial charge is 0.326 e. The first-order valence-electron chi connectivity index (χ1n) is 6.20. The summed E-state index contributed by atoms with van der Waals surface area (Å²) >= 11 is 12.3. The van der Waals surface area contributed by atoms with Crippen LogP contribution in [-0.4, -0.2) is 32.2 Å². The Labute approximate surface area is 136 Å². The Morgan fingerprint density at radius 2 is 2.19 bits per heavy atom. The second kappa shape index (κ2) is 6.60. The highest BCUT2D eigenvalue weighted by molar-refractivity contribution is 8.26. The largest absolute Gasteiger partial charge is 0.480 e. The minimum absolute atomic E-state index is 0.257. The second-order valence-electron chi connectivity index (χ2n) is 4.34. The molecular formula is C14H12ClNO3S2. The van der Waals surface area contributed by atoms with Gasteiger partial charge in [0.05, 0.1) is 4.91 Å². The SMILES string of the molecule is CC[C@H](C(=O)O)N1C(=O)/C(=C/c2ccccc2Cl)SC1=S. The molecule has 4 nitrogen and oxygen atoms in total. The molecule has 21 heavy (non-hydrogen) atoms. The minimum atomic E-state index is -1.06. The lowest BCUT2D eigenvalue weighted by atomic mass is 10.2. The average molecular weight is 342 g/mol. The number of hydrogen-bond acceptors (Lipinski definition) is 4. The predicted molar refractivity (Wildman–Crippen MR) is 88.2 cm³/mol. The van der Waals surface area contributed by atoms with Crippen molar-refractivity contribution >= 4 is 57.9 Å². The molecule has 1 aliphatic rings. The van der Waals surface area contributed by atoms with Crippen molar-refractivity contribution in [3.63, 3.8) is 0 Å². The zero-order valence-corrected chi connectivity index (χ0v) is 13.5. The van der Waals surface area contributed by atoms with Crippen molar-refractivity contribution in [2.45, 2.75) is 19.4 Å². The Balaban J connectivity index is 2.34. The van der Waals surface area contributed by atoms with Crippen LogP contribution in [0.1, 0.15) is 18.9 Å². The molecule has 110 valence electrons. The van der Waals surface area contributed by atoms with Gasteiger partial charge in [0.15, 0.2) is 0 Å². The number of aliphatic carboxylic acids is 1. The van der Waals surface area contributed by atoms with Crippen LogP contribution < -0.4 is 0 Å². The molecule has 1 atom stereocenters. The molecule has 0 aliphatic carbocycles. The molecule has 0 radical (unpaired) electrons. The molecule has 0 unspecified atom stereocenters. The summed E-state index contributed by atoms with van der Waals surface area (Å²) in [5.74, 6) is -1.45. The summed E-state index contributed by atoms with van der Waals surface area (Å²) < 4.78 is 0.257. The van der Waals surface area contributed by atoms with E-state index in [2.05, 4.69) is 0 Å². The van der Waals surface area contributed by atoms with E-state index < -0.39 is 12.0 Å². The number of carbonyl (C=O) groups excluding carboxylic acids is 1. The number of benzene rings is 1. The number of carboxylic acids is 1. The van der Waals surface area contributed by atoms with E-state index in [0.29, 0.717) is 21.9 Å². The summed E-state index contributed by atoms with van der Waals surface area (Å²) in [4.78, 5) is 25.1. The van der Waals surface area contributed by atoms with E-state index in [-0.39, 0.29) is 10.2 Å². The zero-order valence-electron chi connectivity index (χ0n) is 11.1. The molecule has 1 aromatic rings. The lowest BCUT2D eigenvalue weighted by Gasteiger charge is -2.21. The highest BCUT2D eigenvalue weighted by Crippen LogP contribution is 2.35. The first-order chi connectivity index (χ1) is 9.95. The Hall–Kier alpha value is -1.37. The molecular weight excluding hydrogens is 330 g/mol. The van der Waals surface area contributed by atoms with Gasteiger partial charge in [0.25, 0.3) is 5.91 Å². The summed E-state index contributed by atoms with van der Waals surface area (Å²) in [6, 6.07) is 6.17. The number of rotatable bonds is 4. The molecule has 1 heterocycles. The molecule has 0 aromatic heterocycles. The van der Waals surface area contributed by atoms with Crippen molar-refractivity contribution in [2.24, 2.45) is 0 Å². The van der Waals surface area contributed by atoms with E-state index in [4.69, 9.17) is 23.8 Å². The van der Waals surface area contributed by atoms with Crippen LogP contribution in [0.15, 0.2) is 29.2 Å². The van der Waals surface area contributed by atoms with E-state index in [1.54, 1.807) is 31.2 Å². The molecule has 1 saturated heterocycles. The van der Waals surface area contributed by atoms with Gasteiger partial charge >= 0.3 is 5.97 Å². The number of amides is 1. The van der Waals surface area contributed by atoms with Gasteiger partial charge in [-0.1, -0.05) is 60.7 Å². The van der Waals surface area contributed by atoms with Crippen LogP contribution in [0.25, 0.3) is 6.08 Å². The average Bonchev–Trinajstić information content (AvgIpc) is 2.70. The molecule has 0 saturated carbocycles. The summed E-state index contributed by atoms with van der Waals surface area (Å²) in [7, 11) is 0. The standard InChI is InChI=1S/C14H12ClNO3S2/c1-2-10(13(18)19)16-12(17)11(21-14(16)20)7-8-5-3-4-6-9(8)15/h3-7,10H,2H2,1H3,(H,18,19)/b11-7-/t10-/m1/s1. The molecule has 2 rings (SSSR count). The van der Waals surface area contributed by atoms with Gasteiger partial charge in [0, 0.05) is 5.02 Å². The van der Waals surface area contributed by atoms with E-state index in [1.807, 2.05) is 6.07 Å².